The van der Waals surface area contributed by atoms with Crippen LogP contribution in [0.5, 0.6) is 0 Å². The molecule has 3 rings (SSSR count). The molecule has 0 spiro atoms. The summed E-state index contributed by atoms with van der Waals surface area (Å²) in [5, 5.41) is 0. The molecule has 0 aromatic carbocycles. The molecule has 0 heterocycles. The Morgan fingerprint density at radius 1 is 0.727 bits per heavy atom. The van der Waals surface area contributed by atoms with Gasteiger partial charge in [0.1, 0.15) is 0 Å². The topological polar surface area (TPSA) is 0 Å². The van der Waals surface area contributed by atoms with Crippen molar-refractivity contribution >= 4 is 0 Å². The van der Waals surface area contributed by atoms with E-state index in [1.165, 1.54) is 0 Å². The second-order valence-corrected chi connectivity index (χ2v) is 5.92. The van der Waals surface area contributed by atoms with Crippen molar-refractivity contribution in [2.45, 2.75) is 42.7 Å². The van der Waals surface area contributed by atoms with Crippen LogP contribution in [-0.4, -0.2) is 0 Å². The van der Waals surface area contributed by atoms with Crippen LogP contribution in [0, 0.1) is 17.8 Å². The van der Waals surface area contributed by atoms with Crippen molar-refractivity contribution in [2.75, 3.05) is 0 Å². The van der Waals surface area contributed by atoms with Crippen LogP contribution < -0.4 is 0 Å². The molecule has 60 valence electrons. The van der Waals surface area contributed by atoms with Crippen LogP contribution in [0.25, 0.3) is 0 Å². The second kappa shape index (κ2) is 2.09. The summed E-state index contributed by atoms with van der Waals surface area (Å²) in [5.41, 5.74) is 0. The maximum atomic E-state index is 3.09. The first-order valence-electron chi connectivity index (χ1n) is 5.04. The Morgan fingerprint density at radius 2 is 1.00 bits per heavy atom. The van der Waals surface area contributed by atoms with Crippen molar-refractivity contribution in [3.05, 3.63) is 0 Å². The normalized spacial score (nSPS) is 32.4. The molecule has 3 aliphatic rings. The van der Waals surface area contributed by atoms with E-state index >= 15 is 0 Å². The van der Waals surface area contributed by atoms with E-state index in [0.29, 0.717) is 0 Å². The molecule has 0 aromatic heterocycles. The van der Waals surface area contributed by atoms with Gasteiger partial charge in [0.25, 0.3) is 0 Å². The Balaban J connectivity index is 1.82. The average Bonchev–Trinajstić information content (AvgIpc) is 2.81. The van der Waals surface area contributed by atoms with E-state index in [1.54, 1.807) is 38.5 Å². The first-order valence-corrected chi connectivity index (χ1v) is 5.74. The van der Waals surface area contributed by atoms with Crippen LogP contribution in [0.4, 0.5) is 0 Å². The van der Waals surface area contributed by atoms with Crippen LogP contribution >= 0.6 is 0 Å². The third kappa shape index (κ3) is 1.03. The van der Waals surface area contributed by atoms with Crippen LogP contribution in [0.1, 0.15) is 38.5 Å². The Hall–Kier alpha value is 0.584. The van der Waals surface area contributed by atoms with E-state index in [0.717, 1.165) is 21.9 Å². The summed E-state index contributed by atoms with van der Waals surface area (Å²) in [6.07, 6.45) is 9.26. The van der Waals surface area contributed by atoms with Crippen LogP contribution in [0.2, 0.25) is 4.13 Å². The van der Waals surface area contributed by atoms with Crippen molar-refractivity contribution in [1.29, 1.82) is 0 Å². The van der Waals surface area contributed by atoms with Gasteiger partial charge in [-0.15, -0.1) is 0 Å². The van der Waals surface area contributed by atoms with Gasteiger partial charge in [0.2, 0.25) is 0 Å². The predicted molar refractivity (Wildman–Crippen MR) is 40.9 cm³/mol. The molecule has 0 radical (unpaired) electrons. The Morgan fingerprint density at radius 3 is 1.18 bits per heavy atom. The molecule has 0 aliphatic heterocycles. The number of rotatable bonds is 3. The molecule has 0 nitrogen and oxygen atoms in total. The van der Waals surface area contributed by atoms with E-state index in [9.17, 15) is 0 Å². The van der Waals surface area contributed by atoms with Crippen LogP contribution in [0.3, 0.4) is 0 Å². The summed E-state index contributed by atoms with van der Waals surface area (Å²) in [5.74, 6) is 3.38. The second-order valence-electron chi connectivity index (χ2n) is 4.71. The fraction of sp³-hybridized carbons (Fsp3) is 1.00. The summed E-state index contributed by atoms with van der Waals surface area (Å²) < 4.78 is 0.771. The molecule has 0 unspecified atom stereocenters. The molecule has 0 aromatic rings. The molecule has 0 atom stereocenters. The van der Waals surface area contributed by atoms with E-state index in [-0.39, 0.29) is 0 Å². The summed E-state index contributed by atoms with van der Waals surface area (Å²) in [7, 11) is 0. The molecule has 0 bridgehead atoms. The van der Waals surface area contributed by atoms with E-state index < -0.39 is 0 Å². The fourth-order valence-electron chi connectivity index (χ4n) is 2.64. The van der Waals surface area contributed by atoms with E-state index in [2.05, 4.69) is 17.4 Å². The Kier molecular flexibility index (Phi) is 1.33. The SMILES string of the molecule is [V][C](C1CC1)(C1CC1)C1CC1. The number of hydrogen-bond acceptors (Lipinski definition) is 0. The molecule has 1 heteroatoms. The van der Waals surface area contributed by atoms with E-state index in [1.807, 2.05) is 0 Å². The van der Waals surface area contributed by atoms with Crippen LogP contribution in [0.15, 0.2) is 0 Å². The van der Waals surface area contributed by atoms with Crippen molar-refractivity contribution in [1.82, 2.24) is 0 Å². The number of hydrogen-bond donors (Lipinski definition) is 0. The molecule has 11 heavy (non-hydrogen) atoms. The third-order valence-electron chi connectivity index (χ3n) is 3.69. The quantitative estimate of drug-likeness (QED) is 0.635. The van der Waals surface area contributed by atoms with E-state index in [4.69, 9.17) is 0 Å². The average molecular weight is 186 g/mol. The molecular formula is C10H15V. The van der Waals surface area contributed by atoms with Gasteiger partial charge in [-0.3, -0.25) is 0 Å². The van der Waals surface area contributed by atoms with Gasteiger partial charge in [0, 0.05) is 0 Å². The standard InChI is InChI=1S/C10H15.V/c1-2-7(1)10(8-3-4-8)9-5-6-9;/h7-9H,1-6H2;. The molecular weight excluding hydrogens is 171 g/mol. The molecule has 0 N–H and O–H groups in total. The zero-order valence-electron chi connectivity index (χ0n) is 6.92. The molecule has 0 amide bonds. The third-order valence-corrected chi connectivity index (χ3v) is 5.40. The minimum atomic E-state index is 0.771. The molecule has 3 aliphatic carbocycles. The maximum absolute atomic E-state index is 3.09. The monoisotopic (exact) mass is 186 g/mol. The first kappa shape index (κ1) is 7.03. The molecule has 3 saturated carbocycles. The summed E-state index contributed by atoms with van der Waals surface area (Å²) >= 11 is 3.09. The van der Waals surface area contributed by atoms with Gasteiger partial charge >= 0.3 is 77.8 Å². The summed E-state index contributed by atoms with van der Waals surface area (Å²) in [6.45, 7) is 0. The van der Waals surface area contributed by atoms with Gasteiger partial charge in [0.15, 0.2) is 0 Å². The minimum absolute atomic E-state index is 0.771. The van der Waals surface area contributed by atoms with Gasteiger partial charge in [-0.2, -0.15) is 0 Å². The summed E-state index contributed by atoms with van der Waals surface area (Å²) in [6, 6.07) is 0. The Labute approximate surface area is 78.1 Å². The van der Waals surface area contributed by atoms with Gasteiger partial charge in [-0.1, -0.05) is 0 Å². The van der Waals surface area contributed by atoms with Gasteiger partial charge < -0.3 is 0 Å². The van der Waals surface area contributed by atoms with Crippen molar-refractivity contribution in [3.8, 4) is 0 Å². The molecule has 0 saturated heterocycles. The van der Waals surface area contributed by atoms with Crippen molar-refractivity contribution < 1.29 is 17.4 Å². The molecule has 3 fully saturated rings. The van der Waals surface area contributed by atoms with Gasteiger partial charge in [0.05, 0.1) is 0 Å². The van der Waals surface area contributed by atoms with Crippen LogP contribution in [-0.2, 0) is 17.4 Å². The zero-order valence-corrected chi connectivity index (χ0v) is 8.32. The predicted octanol–water partition coefficient (Wildman–Crippen LogP) is 2.92. The van der Waals surface area contributed by atoms with Gasteiger partial charge in [-0.05, 0) is 0 Å². The first-order chi connectivity index (χ1) is 5.32. The fourth-order valence-corrected chi connectivity index (χ4v) is 3.85. The van der Waals surface area contributed by atoms with Crippen molar-refractivity contribution in [2.24, 2.45) is 17.8 Å². The van der Waals surface area contributed by atoms with Crippen molar-refractivity contribution in [3.63, 3.8) is 0 Å². The zero-order chi connectivity index (χ0) is 7.47. The van der Waals surface area contributed by atoms with Gasteiger partial charge in [-0.25, -0.2) is 0 Å². The summed E-state index contributed by atoms with van der Waals surface area (Å²) in [4.78, 5) is 0. The Bertz CT molecular complexity index is 144.